The third-order valence-corrected chi connectivity index (χ3v) is 4.81. The highest BCUT2D eigenvalue weighted by atomic mass is 127. The summed E-state index contributed by atoms with van der Waals surface area (Å²) in [4.78, 5) is 6.99. The Morgan fingerprint density at radius 2 is 1.96 bits per heavy atom. The van der Waals surface area contributed by atoms with Gasteiger partial charge < -0.3 is 15.4 Å². The molecule has 5 nitrogen and oxygen atoms in total. The van der Waals surface area contributed by atoms with Crippen LogP contribution in [0.1, 0.15) is 31.2 Å². The summed E-state index contributed by atoms with van der Waals surface area (Å²) >= 11 is 0. The van der Waals surface area contributed by atoms with E-state index in [1.165, 1.54) is 32.2 Å². The quantitative estimate of drug-likeness (QED) is 0.340. The van der Waals surface area contributed by atoms with Crippen LogP contribution in [0.3, 0.4) is 0 Å². The number of hydrogen-bond acceptors (Lipinski definition) is 3. The number of methoxy groups -OCH3 is 1. The lowest BCUT2D eigenvalue weighted by Gasteiger charge is -2.22. The van der Waals surface area contributed by atoms with E-state index < -0.39 is 0 Å². The van der Waals surface area contributed by atoms with Gasteiger partial charge in [0.05, 0.1) is 7.11 Å². The summed E-state index contributed by atoms with van der Waals surface area (Å²) in [6.07, 6.45) is 5.62. The van der Waals surface area contributed by atoms with Gasteiger partial charge in [-0.15, -0.1) is 24.0 Å². The molecule has 3 rings (SSSR count). The molecule has 0 bridgehead atoms. The minimum absolute atomic E-state index is 0. The first kappa shape index (κ1) is 20.3. The maximum absolute atomic E-state index is 5.39. The molecular weight excluding hydrogens is 427 g/mol. The molecule has 25 heavy (non-hydrogen) atoms. The highest BCUT2D eigenvalue weighted by Crippen LogP contribution is 2.34. The Hall–Kier alpha value is -1.02. The second kappa shape index (κ2) is 10.2. The van der Waals surface area contributed by atoms with Crippen LogP contribution < -0.4 is 15.4 Å². The van der Waals surface area contributed by atoms with Crippen molar-refractivity contribution in [3.63, 3.8) is 0 Å². The fraction of sp³-hybridized carbons (Fsp3) is 0.632. The molecule has 2 aliphatic rings. The largest absolute Gasteiger partial charge is 0.496 e. The van der Waals surface area contributed by atoms with E-state index in [2.05, 4.69) is 26.6 Å². The molecule has 0 spiro atoms. The highest BCUT2D eigenvalue weighted by Gasteiger charge is 2.33. The molecule has 2 N–H and O–H groups in total. The summed E-state index contributed by atoms with van der Waals surface area (Å²) in [7, 11) is 3.53. The van der Waals surface area contributed by atoms with Crippen molar-refractivity contribution in [3.05, 3.63) is 29.8 Å². The van der Waals surface area contributed by atoms with Crippen molar-refractivity contribution in [2.24, 2.45) is 10.9 Å². The lowest BCUT2D eigenvalue weighted by molar-refractivity contribution is 0.256. The monoisotopic (exact) mass is 458 g/mol. The van der Waals surface area contributed by atoms with Gasteiger partial charge in [-0.2, -0.15) is 0 Å². The molecule has 2 fully saturated rings. The maximum Gasteiger partial charge on any atom is 0.191 e. The third-order valence-electron chi connectivity index (χ3n) is 4.81. The molecule has 2 saturated carbocycles. The predicted octanol–water partition coefficient (Wildman–Crippen LogP) is 2.85. The fourth-order valence-electron chi connectivity index (χ4n) is 3.06. The molecule has 140 valence electrons. The van der Waals surface area contributed by atoms with Gasteiger partial charge in [0.1, 0.15) is 5.75 Å². The second-order valence-electron chi connectivity index (χ2n) is 6.83. The smallest absolute Gasteiger partial charge is 0.191 e. The van der Waals surface area contributed by atoms with Crippen LogP contribution >= 0.6 is 24.0 Å². The summed E-state index contributed by atoms with van der Waals surface area (Å²) < 4.78 is 5.39. The zero-order chi connectivity index (χ0) is 16.8. The number of aliphatic imine (C=N–C) groups is 1. The number of nitrogens with zero attached hydrogens (tertiary/aromatic N) is 2. The average molecular weight is 458 g/mol. The zero-order valence-electron chi connectivity index (χ0n) is 15.3. The number of hydrogen-bond donors (Lipinski definition) is 2. The predicted molar refractivity (Wildman–Crippen MR) is 114 cm³/mol. The Morgan fingerprint density at radius 3 is 2.60 bits per heavy atom. The van der Waals surface area contributed by atoms with Gasteiger partial charge in [0, 0.05) is 44.8 Å². The van der Waals surface area contributed by atoms with Crippen LogP contribution in [0.5, 0.6) is 5.75 Å². The Labute approximate surface area is 168 Å². The molecule has 0 radical (unpaired) electrons. The molecule has 0 amide bonds. The lowest BCUT2D eigenvalue weighted by atomic mass is 10.2. The first-order valence-corrected chi connectivity index (χ1v) is 9.10. The molecule has 1 aromatic rings. The second-order valence-corrected chi connectivity index (χ2v) is 6.83. The van der Waals surface area contributed by atoms with Gasteiger partial charge in [-0.25, -0.2) is 0 Å². The van der Waals surface area contributed by atoms with E-state index in [0.29, 0.717) is 6.54 Å². The summed E-state index contributed by atoms with van der Waals surface area (Å²) in [6.45, 7) is 4.04. The molecule has 2 aliphatic carbocycles. The maximum atomic E-state index is 5.39. The number of benzene rings is 1. The van der Waals surface area contributed by atoms with Crippen LogP contribution in [0.4, 0.5) is 0 Å². The van der Waals surface area contributed by atoms with Gasteiger partial charge in [-0.1, -0.05) is 18.2 Å². The minimum Gasteiger partial charge on any atom is -0.496 e. The van der Waals surface area contributed by atoms with Crippen molar-refractivity contribution >= 4 is 29.9 Å². The van der Waals surface area contributed by atoms with Crippen molar-refractivity contribution in [1.29, 1.82) is 0 Å². The van der Waals surface area contributed by atoms with Crippen molar-refractivity contribution in [2.45, 2.75) is 38.3 Å². The summed E-state index contributed by atoms with van der Waals surface area (Å²) in [5.74, 6) is 2.72. The third kappa shape index (κ3) is 6.66. The number of nitrogens with one attached hydrogen (secondary N) is 2. The van der Waals surface area contributed by atoms with E-state index in [1.807, 2.05) is 25.2 Å². The standard InChI is InChI=1S/C19H30N4O.HI/c1-20-19(22-13-16-5-3-4-6-18(16)24-2)21-11-12-23(17-9-10-17)14-15-7-8-15;/h3-6,15,17H,7-14H2,1-2H3,(H2,20,21,22);1H. The molecule has 6 heteroatoms. The summed E-state index contributed by atoms with van der Waals surface area (Å²) in [5, 5.41) is 6.81. The van der Waals surface area contributed by atoms with Crippen molar-refractivity contribution < 1.29 is 4.74 Å². The molecule has 1 aromatic carbocycles. The topological polar surface area (TPSA) is 48.9 Å². The molecular formula is C19H31IN4O. The molecule has 0 aromatic heterocycles. The SMILES string of the molecule is CN=C(NCCN(CC1CC1)C1CC1)NCc1ccccc1OC.I. The fourth-order valence-corrected chi connectivity index (χ4v) is 3.06. The number of para-hydroxylation sites is 1. The number of ether oxygens (including phenoxy) is 1. The van der Waals surface area contributed by atoms with Gasteiger partial charge in [-0.3, -0.25) is 9.89 Å². The molecule has 0 atom stereocenters. The van der Waals surface area contributed by atoms with E-state index in [4.69, 9.17) is 4.74 Å². The van der Waals surface area contributed by atoms with E-state index in [-0.39, 0.29) is 24.0 Å². The highest BCUT2D eigenvalue weighted by molar-refractivity contribution is 14.0. The van der Waals surface area contributed by atoms with Crippen LogP contribution in [0.15, 0.2) is 29.3 Å². The van der Waals surface area contributed by atoms with E-state index in [0.717, 1.165) is 42.3 Å². The van der Waals surface area contributed by atoms with E-state index in [9.17, 15) is 0 Å². The van der Waals surface area contributed by atoms with Gasteiger partial charge >= 0.3 is 0 Å². The molecule has 0 unspecified atom stereocenters. The zero-order valence-corrected chi connectivity index (χ0v) is 17.7. The van der Waals surface area contributed by atoms with Gasteiger partial charge in [-0.05, 0) is 37.7 Å². The molecule has 0 heterocycles. The van der Waals surface area contributed by atoms with Gasteiger partial charge in [0.2, 0.25) is 0 Å². The van der Waals surface area contributed by atoms with Gasteiger partial charge in [0.15, 0.2) is 5.96 Å². The van der Waals surface area contributed by atoms with Crippen LogP contribution in [-0.4, -0.2) is 50.7 Å². The van der Waals surface area contributed by atoms with Crippen LogP contribution in [0.2, 0.25) is 0 Å². The Balaban J connectivity index is 0.00000225. The average Bonchev–Trinajstić information content (AvgIpc) is 3.50. The Bertz CT molecular complexity index is 558. The van der Waals surface area contributed by atoms with Crippen molar-refractivity contribution in [2.75, 3.05) is 33.8 Å². The molecule has 0 aliphatic heterocycles. The van der Waals surface area contributed by atoms with Crippen LogP contribution in [0, 0.1) is 5.92 Å². The number of rotatable bonds is 9. The normalized spacial score (nSPS) is 17.2. The summed E-state index contributed by atoms with van der Waals surface area (Å²) in [5.41, 5.74) is 1.14. The van der Waals surface area contributed by atoms with E-state index >= 15 is 0 Å². The van der Waals surface area contributed by atoms with Crippen LogP contribution in [-0.2, 0) is 6.54 Å². The Morgan fingerprint density at radius 1 is 1.20 bits per heavy atom. The first-order valence-electron chi connectivity index (χ1n) is 9.10. The Kier molecular flexibility index (Phi) is 8.29. The first-order chi connectivity index (χ1) is 11.8. The number of halogens is 1. The minimum atomic E-state index is 0. The molecule has 0 saturated heterocycles. The lowest BCUT2D eigenvalue weighted by Crippen LogP contribution is -2.42. The van der Waals surface area contributed by atoms with E-state index in [1.54, 1.807) is 7.11 Å². The van der Waals surface area contributed by atoms with Crippen molar-refractivity contribution in [3.8, 4) is 5.75 Å². The van der Waals surface area contributed by atoms with Crippen molar-refractivity contribution in [1.82, 2.24) is 15.5 Å². The number of guanidine groups is 1. The van der Waals surface area contributed by atoms with Gasteiger partial charge in [0.25, 0.3) is 0 Å². The van der Waals surface area contributed by atoms with Crippen LogP contribution in [0.25, 0.3) is 0 Å². The summed E-state index contributed by atoms with van der Waals surface area (Å²) in [6, 6.07) is 8.92.